The Bertz CT molecular complexity index is 309. The van der Waals surface area contributed by atoms with Crippen molar-refractivity contribution in [3.05, 3.63) is 21.4 Å². The van der Waals surface area contributed by atoms with Crippen LogP contribution in [-0.4, -0.2) is 18.8 Å². The van der Waals surface area contributed by atoms with E-state index in [0.29, 0.717) is 0 Å². The van der Waals surface area contributed by atoms with Gasteiger partial charge >= 0.3 is 0 Å². The second-order valence-electron chi connectivity index (χ2n) is 4.46. The Kier molecular flexibility index (Phi) is 4.38. The van der Waals surface area contributed by atoms with E-state index in [2.05, 4.69) is 6.07 Å². The Morgan fingerprint density at radius 2 is 2.25 bits per heavy atom. The van der Waals surface area contributed by atoms with Crippen LogP contribution in [0.15, 0.2) is 6.07 Å². The molecule has 0 aliphatic heterocycles. The molecule has 1 atom stereocenters. The van der Waals surface area contributed by atoms with E-state index in [1.54, 1.807) is 7.11 Å². The third-order valence-corrected chi connectivity index (χ3v) is 4.51. The molecule has 2 nitrogen and oxygen atoms in total. The Morgan fingerprint density at radius 3 is 3.00 bits per heavy atom. The maximum Gasteiger partial charge on any atom is 0.0883 e. The van der Waals surface area contributed by atoms with Crippen LogP contribution in [0.3, 0.4) is 0 Å². The van der Waals surface area contributed by atoms with E-state index < -0.39 is 0 Å². The molecule has 1 N–H and O–H groups in total. The zero-order valence-electron chi connectivity index (χ0n) is 9.87. The standard InChI is InChI=1S/C13H20O2S/c1-15-8-4-6-11(14)13-9-10-5-2-3-7-12(10)16-13/h9,11,14H,2-8H2,1H3. The first-order valence-corrected chi connectivity index (χ1v) is 6.91. The highest BCUT2D eigenvalue weighted by Gasteiger charge is 2.17. The zero-order valence-corrected chi connectivity index (χ0v) is 10.7. The number of rotatable bonds is 5. The van der Waals surface area contributed by atoms with E-state index >= 15 is 0 Å². The first-order valence-electron chi connectivity index (χ1n) is 6.09. The Hall–Kier alpha value is -0.380. The van der Waals surface area contributed by atoms with E-state index in [4.69, 9.17) is 4.74 Å². The molecule has 0 aromatic carbocycles. The van der Waals surface area contributed by atoms with Gasteiger partial charge in [-0.2, -0.15) is 0 Å². The summed E-state index contributed by atoms with van der Waals surface area (Å²) in [6, 6.07) is 2.22. The molecule has 0 amide bonds. The number of aliphatic hydroxyl groups excluding tert-OH is 1. The van der Waals surface area contributed by atoms with Gasteiger partial charge in [0, 0.05) is 23.5 Å². The molecule has 0 radical (unpaired) electrons. The minimum atomic E-state index is -0.286. The van der Waals surface area contributed by atoms with E-state index in [0.717, 1.165) is 24.3 Å². The van der Waals surface area contributed by atoms with Crippen LogP contribution in [-0.2, 0) is 17.6 Å². The topological polar surface area (TPSA) is 29.5 Å². The van der Waals surface area contributed by atoms with Crippen LogP contribution in [0.25, 0.3) is 0 Å². The van der Waals surface area contributed by atoms with Gasteiger partial charge in [0.25, 0.3) is 0 Å². The highest BCUT2D eigenvalue weighted by Crippen LogP contribution is 2.34. The van der Waals surface area contributed by atoms with Crippen LogP contribution in [0.1, 0.15) is 47.1 Å². The van der Waals surface area contributed by atoms with E-state index in [1.165, 1.54) is 36.1 Å². The SMILES string of the molecule is COCCCC(O)c1cc2c(s1)CCCC2. The van der Waals surface area contributed by atoms with Gasteiger partial charge in [0.05, 0.1) is 6.10 Å². The fourth-order valence-corrected chi connectivity index (χ4v) is 3.52. The molecule has 0 fully saturated rings. The summed E-state index contributed by atoms with van der Waals surface area (Å²) in [5.41, 5.74) is 1.48. The number of hydrogen-bond acceptors (Lipinski definition) is 3. The van der Waals surface area contributed by atoms with Crippen molar-refractivity contribution in [1.82, 2.24) is 0 Å². The predicted molar refractivity (Wildman–Crippen MR) is 67.0 cm³/mol. The highest BCUT2D eigenvalue weighted by atomic mass is 32.1. The lowest BCUT2D eigenvalue weighted by atomic mass is 9.99. The third kappa shape index (κ3) is 2.84. The lowest BCUT2D eigenvalue weighted by molar-refractivity contribution is 0.138. The third-order valence-electron chi connectivity index (χ3n) is 3.17. The number of fused-ring (bicyclic) bond motifs is 1. The smallest absolute Gasteiger partial charge is 0.0883 e. The van der Waals surface area contributed by atoms with Crippen molar-refractivity contribution in [2.75, 3.05) is 13.7 Å². The number of hydrogen-bond donors (Lipinski definition) is 1. The van der Waals surface area contributed by atoms with Gasteiger partial charge in [-0.05, 0) is 50.2 Å². The van der Waals surface area contributed by atoms with Crippen LogP contribution in [0.4, 0.5) is 0 Å². The average Bonchev–Trinajstić information content (AvgIpc) is 2.73. The highest BCUT2D eigenvalue weighted by molar-refractivity contribution is 7.12. The molecule has 1 aromatic rings. The van der Waals surface area contributed by atoms with Crippen molar-refractivity contribution in [3.63, 3.8) is 0 Å². The second-order valence-corrected chi connectivity index (χ2v) is 5.62. The van der Waals surface area contributed by atoms with Gasteiger partial charge in [-0.15, -0.1) is 11.3 Å². The van der Waals surface area contributed by atoms with Crippen molar-refractivity contribution >= 4 is 11.3 Å². The lowest BCUT2D eigenvalue weighted by Gasteiger charge is -2.08. The molecule has 16 heavy (non-hydrogen) atoms. The minimum absolute atomic E-state index is 0.286. The first kappa shape index (κ1) is 12.1. The van der Waals surface area contributed by atoms with Crippen LogP contribution in [0, 0.1) is 0 Å². The number of aryl methyl sites for hydroxylation is 2. The van der Waals surface area contributed by atoms with Gasteiger partial charge in [-0.1, -0.05) is 0 Å². The monoisotopic (exact) mass is 240 g/mol. The van der Waals surface area contributed by atoms with Gasteiger partial charge in [-0.25, -0.2) is 0 Å². The molecule has 1 aromatic heterocycles. The van der Waals surface area contributed by atoms with Gasteiger partial charge < -0.3 is 9.84 Å². The molecule has 0 saturated heterocycles. The molecule has 3 heteroatoms. The molecule has 1 aliphatic carbocycles. The zero-order chi connectivity index (χ0) is 11.4. The van der Waals surface area contributed by atoms with E-state index in [1.807, 2.05) is 11.3 Å². The summed E-state index contributed by atoms with van der Waals surface area (Å²) in [4.78, 5) is 2.66. The van der Waals surface area contributed by atoms with Crippen molar-refractivity contribution < 1.29 is 9.84 Å². The van der Waals surface area contributed by atoms with Gasteiger partial charge in [0.2, 0.25) is 0 Å². The fraction of sp³-hybridized carbons (Fsp3) is 0.692. The van der Waals surface area contributed by atoms with Crippen LogP contribution < -0.4 is 0 Å². The number of thiophene rings is 1. The molecule has 0 spiro atoms. The molecule has 1 heterocycles. The lowest BCUT2D eigenvalue weighted by Crippen LogP contribution is -1.98. The minimum Gasteiger partial charge on any atom is -0.388 e. The second kappa shape index (κ2) is 5.80. The van der Waals surface area contributed by atoms with Crippen molar-refractivity contribution in [1.29, 1.82) is 0 Å². The molecule has 1 unspecified atom stereocenters. The van der Waals surface area contributed by atoms with E-state index in [9.17, 15) is 5.11 Å². The number of aliphatic hydroxyl groups is 1. The summed E-state index contributed by atoms with van der Waals surface area (Å²) in [5.74, 6) is 0. The normalized spacial score (nSPS) is 17.1. The van der Waals surface area contributed by atoms with E-state index in [-0.39, 0.29) is 6.10 Å². The average molecular weight is 240 g/mol. The summed E-state index contributed by atoms with van der Waals surface area (Å²) in [6.07, 6.45) is 6.50. The Balaban J connectivity index is 1.95. The van der Waals surface area contributed by atoms with Crippen molar-refractivity contribution in [2.24, 2.45) is 0 Å². The van der Waals surface area contributed by atoms with Crippen LogP contribution >= 0.6 is 11.3 Å². The predicted octanol–water partition coefficient (Wildman–Crippen LogP) is 3.09. The largest absolute Gasteiger partial charge is 0.388 e. The molecule has 2 rings (SSSR count). The molecular weight excluding hydrogens is 220 g/mol. The summed E-state index contributed by atoms with van der Waals surface area (Å²) >= 11 is 1.81. The Morgan fingerprint density at radius 1 is 1.44 bits per heavy atom. The molecule has 90 valence electrons. The molecule has 1 aliphatic rings. The summed E-state index contributed by atoms with van der Waals surface area (Å²) in [5, 5.41) is 10.1. The van der Waals surface area contributed by atoms with Crippen molar-refractivity contribution in [2.45, 2.75) is 44.6 Å². The van der Waals surface area contributed by atoms with Crippen LogP contribution in [0.5, 0.6) is 0 Å². The summed E-state index contributed by atoms with van der Waals surface area (Å²) < 4.78 is 5.00. The van der Waals surface area contributed by atoms with Crippen LogP contribution in [0.2, 0.25) is 0 Å². The number of ether oxygens (including phenoxy) is 1. The number of methoxy groups -OCH3 is 1. The van der Waals surface area contributed by atoms with Gasteiger partial charge in [-0.3, -0.25) is 0 Å². The molecule has 0 saturated carbocycles. The molecular formula is C13H20O2S. The maximum absolute atomic E-state index is 10.1. The maximum atomic E-state index is 10.1. The molecule has 0 bridgehead atoms. The summed E-state index contributed by atoms with van der Waals surface area (Å²) in [7, 11) is 1.70. The first-order chi connectivity index (χ1) is 7.81. The fourth-order valence-electron chi connectivity index (χ4n) is 2.24. The van der Waals surface area contributed by atoms with Gasteiger partial charge in [0.1, 0.15) is 0 Å². The van der Waals surface area contributed by atoms with Gasteiger partial charge in [0.15, 0.2) is 0 Å². The summed E-state index contributed by atoms with van der Waals surface area (Å²) in [6.45, 7) is 0.738. The Labute approximate surface area is 101 Å². The van der Waals surface area contributed by atoms with Crippen molar-refractivity contribution in [3.8, 4) is 0 Å². The quantitative estimate of drug-likeness (QED) is 0.801.